The predicted octanol–water partition coefficient (Wildman–Crippen LogP) is 5.77. The highest BCUT2D eigenvalue weighted by Gasteiger charge is 2.20. The van der Waals surface area contributed by atoms with Gasteiger partial charge in [-0.25, -0.2) is 9.67 Å². The van der Waals surface area contributed by atoms with E-state index in [-0.39, 0.29) is 11.7 Å². The molecule has 4 rings (SSSR count). The Morgan fingerprint density at radius 1 is 0.967 bits per heavy atom. The third-order valence-corrected chi connectivity index (χ3v) is 5.36. The van der Waals surface area contributed by atoms with Crippen LogP contribution in [0.25, 0.3) is 17.1 Å². The summed E-state index contributed by atoms with van der Waals surface area (Å²) in [5.74, 6) is 0.313. The number of carbonyl (C=O) groups excluding carboxylic acids is 1. The molecule has 1 amide bonds. The maximum atomic E-state index is 13.0. The van der Waals surface area contributed by atoms with Gasteiger partial charge in [0.05, 0.1) is 5.69 Å². The van der Waals surface area contributed by atoms with Gasteiger partial charge in [0.25, 0.3) is 5.91 Å². The number of benzene rings is 3. The Labute approximate surface area is 180 Å². The molecule has 0 saturated heterocycles. The maximum Gasteiger partial charge on any atom is 0.295 e. The quantitative estimate of drug-likeness (QED) is 0.459. The number of aromatic nitrogens is 3. The first-order valence-corrected chi connectivity index (χ1v) is 9.98. The minimum Gasteiger partial charge on any atom is -0.319 e. The highest BCUT2D eigenvalue weighted by molar-refractivity contribution is 6.31. The van der Waals surface area contributed by atoms with Crippen LogP contribution in [-0.2, 0) is 0 Å². The molecule has 0 radical (unpaired) electrons. The molecule has 1 aromatic heterocycles. The molecule has 4 aromatic rings. The summed E-state index contributed by atoms with van der Waals surface area (Å²) in [5.41, 5.74) is 5.34. The van der Waals surface area contributed by atoms with E-state index in [2.05, 4.69) is 15.4 Å². The Morgan fingerprint density at radius 2 is 1.73 bits per heavy atom. The van der Waals surface area contributed by atoms with Crippen molar-refractivity contribution in [1.82, 2.24) is 14.8 Å². The Hall–Kier alpha value is -3.44. The number of rotatable bonds is 4. The van der Waals surface area contributed by atoms with E-state index in [0.717, 1.165) is 27.9 Å². The second-order valence-electron chi connectivity index (χ2n) is 7.19. The normalized spacial score (nSPS) is 10.8. The van der Waals surface area contributed by atoms with Crippen molar-refractivity contribution in [1.29, 1.82) is 0 Å². The average molecular weight is 417 g/mol. The third-order valence-electron chi connectivity index (χ3n) is 4.95. The molecule has 5 nitrogen and oxygen atoms in total. The van der Waals surface area contributed by atoms with Crippen LogP contribution < -0.4 is 5.32 Å². The molecule has 150 valence electrons. The molecule has 1 heterocycles. The van der Waals surface area contributed by atoms with Crippen molar-refractivity contribution in [3.05, 3.63) is 94.3 Å². The van der Waals surface area contributed by atoms with Gasteiger partial charge in [-0.15, -0.1) is 5.10 Å². The summed E-state index contributed by atoms with van der Waals surface area (Å²) < 4.78 is 1.73. The molecule has 0 unspecified atom stereocenters. The maximum absolute atomic E-state index is 13.0. The lowest BCUT2D eigenvalue weighted by Gasteiger charge is -2.10. The summed E-state index contributed by atoms with van der Waals surface area (Å²) >= 11 is 6.18. The zero-order valence-electron chi connectivity index (χ0n) is 17.0. The van der Waals surface area contributed by atoms with E-state index in [1.54, 1.807) is 22.9 Å². The lowest BCUT2D eigenvalue weighted by atomic mass is 10.1. The van der Waals surface area contributed by atoms with Crippen LogP contribution in [0.15, 0.2) is 66.7 Å². The van der Waals surface area contributed by atoms with Gasteiger partial charge in [-0.3, -0.25) is 4.79 Å². The van der Waals surface area contributed by atoms with Crippen LogP contribution in [0.4, 0.5) is 5.69 Å². The summed E-state index contributed by atoms with van der Waals surface area (Å²) in [6.07, 6.45) is 0. The van der Waals surface area contributed by atoms with E-state index >= 15 is 0 Å². The summed E-state index contributed by atoms with van der Waals surface area (Å²) in [5, 5.41) is 8.03. The van der Waals surface area contributed by atoms with Crippen LogP contribution in [0.2, 0.25) is 5.02 Å². The van der Waals surface area contributed by atoms with Gasteiger partial charge in [-0.1, -0.05) is 60.1 Å². The van der Waals surface area contributed by atoms with E-state index in [4.69, 9.17) is 11.6 Å². The Balaban J connectivity index is 1.80. The fourth-order valence-corrected chi connectivity index (χ4v) is 3.39. The zero-order valence-corrected chi connectivity index (χ0v) is 17.7. The van der Waals surface area contributed by atoms with E-state index < -0.39 is 0 Å². The van der Waals surface area contributed by atoms with Crippen molar-refractivity contribution in [2.75, 3.05) is 5.32 Å². The van der Waals surface area contributed by atoms with Gasteiger partial charge < -0.3 is 5.32 Å². The van der Waals surface area contributed by atoms with Crippen molar-refractivity contribution >= 4 is 23.2 Å². The highest BCUT2D eigenvalue weighted by Crippen LogP contribution is 2.26. The van der Waals surface area contributed by atoms with Gasteiger partial charge in [-0.05, 0) is 55.7 Å². The first-order chi connectivity index (χ1) is 14.4. The molecule has 0 fully saturated rings. The van der Waals surface area contributed by atoms with Crippen molar-refractivity contribution in [2.45, 2.75) is 20.8 Å². The van der Waals surface area contributed by atoms with Crippen molar-refractivity contribution in [2.24, 2.45) is 0 Å². The lowest BCUT2D eigenvalue weighted by Crippen LogP contribution is -2.15. The van der Waals surface area contributed by atoms with E-state index in [1.165, 1.54) is 0 Å². The van der Waals surface area contributed by atoms with Gasteiger partial charge in [0.2, 0.25) is 5.82 Å². The van der Waals surface area contributed by atoms with E-state index in [0.29, 0.717) is 16.5 Å². The fraction of sp³-hybridized carbons (Fsp3) is 0.125. The largest absolute Gasteiger partial charge is 0.319 e. The predicted molar refractivity (Wildman–Crippen MR) is 120 cm³/mol. The minimum absolute atomic E-state index is 0.0918. The summed E-state index contributed by atoms with van der Waals surface area (Å²) in [6.45, 7) is 5.90. The number of nitrogens with one attached hydrogen (secondary N) is 1. The molecule has 0 bridgehead atoms. The molecule has 0 aliphatic rings. The molecular formula is C24H21ClN4O. The number of amides is 1. The Bertz CT molecular complexity index is 1230. The number of nitrogens with zero attached hydrogens (tertiary/aromatic N) is 3. The van der Waals surface area contributed by atoms with Gasteiger partial charge >= 0.3 is 0 Å². The van der Waals surface area contributed by atoms with Crippen LogP contribution in [0, 0.1) is 20.8 Å². The summed E-state index contributed by atoms with van der Waals surface area (Å²) in [4.78, 5) is 17.5. The van der Waals surface area contributed by atoms with Crippen LogP contribution in [-0.4, -0.2) is 20.7 Å². The van der Waals surface area contributed by atoms with Crippen molar-refractivity contribution < 1.29 is 4.79 Å². The van der Waals surface area contributed by atoms with Gasteiger partial charge in [-0.2, -0.15) is 0 Å². The second kappa shape index (κ2) is 8.13. The van der Waals surface area contributed by atoms with Crippen LogP contribution in [0.1, 0.15) is 27.3 Å². The number of aryl methyl sites for hydroxylation is 2. The third kappa shape index (κ3) is 3.84. The van der Waals surface area contributed by atoms with Crippen LogP contribution >= 0.6 is 11.6 Å². The molecule has 0 saturated carbocycles. The van der Waals surface area contributed by atoms with Gasteiger partial charge in [0, 0.05) is 16.3 Å². The van der Waals surface area contributed by atoms with Gasteiger partial charge in [0.15, 0.2) is 5.82 Å². The van der Waals surface area contributed by atoms with Crippen LogP contribution in [0.5, 0.6) is 0 Å². The Morgan fingerprint density at radius 3 is 2.50 bits per heavy atom. The average Bonchev–Trinajstić information content (AvgIpc) is 3.19. The number of hydrogen-bond donors (Lipinski definition) is 1. The molecule has 0 spiro atoms. The Kier molecular flexibility index (Phi) is 5.38. The SMILES string of the molecule is Cc1ccc(C)c(-n2nc(C(=O)Nc3cccc(Cl)c3C)nc2-c2ccccc2)c1. The van der Waals surface area contributed by atoms with Crippen molar-refractivity contribution in [3.63, 3.8) is 0 Å². The topological polar surface area (TPSA) is 59.8 Å². The zero-order chi connectivity index (χ0) is 21.3. The molecule has 3 aromatic carbocycles. The highest BCUT2D eigenvalue weighted by atomic mass is 35.5. The molecule has 30 heavy (non-hydrogen) atoms. The lowest BCUT2D eigenvalue weighted by molar-refractivity contribution is 0.101. The molecule has 0 aliphatic heterocycles. The molecule has 6 heteroatoms. The second-order valence-corrected chi connectivity index (χ2v) is 7.60. The van der Waals surface area contributed by atoms with Crippen molar-refractivity contribution in [3.8, 4) is 17.1 Å². The molecule has 0 atom stereocenters. The molecule has 1 N–H and O–H groups in total. The van der Waals surface area contributed by atoms with Crippen LogP contribution in [0.3, 0.4) is 0 Å². The number of carbonyl (C=O) groups is 1. The standard InChI is InChI=1S/C24H21ClN4O/c1-15-12-13-16(2)21(14-15)29-23(18-8-5-4-6-9-18)27-22(28-29)24(30)26-20-11-7-10-19(25)17(20)3/h4-14H,1-3H3,(H,26,30). The number of hydrogen-bond acceptors (Lipinski definition) is 3. The first kappa shape index (κ1) is 19.9. The van der Waals surface area contributed by atoms with E-state index in [1.807, 2.05) is 69.3 Å². The summed E-state index contributed by atoms with van der Waals surface area (Å²) in [7, 11) is 0. The smallest absolute Gasteiger partial charge is 0.295 e. The number of halogens is 1. The fourth-order valence-electron chi connectivity index (χ4n) is 3.22. The first-order valence-electron chi connectivity index (χ1n) is 9.60. The van der Waals surface area contributed by atoms with Gasteiger partial charge in [0.1, 0.15) is 0 Å². The number of anilines is 1. The molecule has 0 aliphatic carbocycles. The molecular weight excluding hydrogens is 396 g/mol. The minimum atomic E-state index is -0.387. The monoisotopic (exact) mass is 416 g/mol. The summed E-state index contributed by atoms with van der Waals surface area (Å²) in [6, 6.07) is 21.2. The van der Waals surface area contributed by atoms with E-state index in [9.17, 15) is 4.79 Å².